The van der Waals surface area contributed by atoms with E-state index < -0.39 is 60.7 Å². The molecule has 0 aliphatic heterocycles. The Morgan fingerprint density at radius 1 is 1.05 bits per heavy atom. The molecule has 3 aromatic carbocycles. The Hall–Kier alpha value is -4.42. The molecule has 0 saturated heterocycles. The number of nitrogens with zero attached hydrogens (tertiary/aromatic N) is 2. The third kappa shape index (κ3) is 5.17. The highest BCUT2D eigenvalue weighted by atomic mass is 32.2. The third-order valence-electron chi connectivity index (χ3n) is 5.52. The average Bonchev–Trinajstić information content (AvgIpc) is 3.26. The Bertz CT molecular complexity index is 1700. The number of rotatable bonds is 7. The maximum absolute atomic E-state index is 15.6. The summed E-state index contributed by atoms with van der Waals surface area (Å²) in [5.41, 5.74) is 3.29. The Morgan fingerprint density at radius 3 is 2.39 bits per heavy atom. The number of hydrogen-bond donors (Lipinski definition) is 4. The summed E-state index contributed by atoms with van der Waals surface area (Å²) >= 11 is 0. The number of carbonyl (C=O) groups is 1. The fraction of sp³-hybridized carbons (Fsp3) is 0.115. The normalized spacial score (nSPS) is 13.4. The number of Topliss-reactive ketones (excluding diaryl/α,β-unsaturated/α-hetero) is 1. The van der Waals surface area contributed by atoms with Gasteiger partial charge in [0.2, 0.25) is 5.78 Å². The number of H-pyrrole nitrogens is 1. The number of ketones is 1. The fourth-order valence-electron chi connectivity index (χ4n) is 3.49. The maximum atomic E-state index is 15.6. The molecular weight excluding hydrogens is 518 g/mol. The third-order valence-corrected chi connectivity index (χ3v) is 6.83. The van der Waals surface area contributed by atoms with Crippen LogP contribution in [0.2, 0.25) is 0 Å². The second kappa shape index (κ2) is 9.80. The van der Waals surface area contributed by atoms with Crippen LogP contribution in [0.15, 0.2) is 76.0 Å². The number of carbonyl (C=O) groups excluding carboxylic acids is 1. The number of nitrogens with two attached hydrogens (primary N) is 1. The van der Waals surface area contributed by atoms with E-state index >= 15 is 4.39 Å². The van der Waals surface area contributed by atoms with E-state index in [0.29, 0.717) is 11.0 Å². The van der Waals surface area contributed by atoms with E-state index in [1.165, 1.54) is 26.0 Å². The van der Waals surface area contributed by atoms with Crippen molar-refractivity contribution in [2.24, 2.45) is 10.1 Å². The van der Waals surface area contributed by atoms with E-state index in [2.05, 4.69) is 14.4 Å². The second-order valence-electron chi connectivity index (χ2n) is 8.79. The van der Waals surface area contributed by atoms with Crippen LogP contribution in [0.5, 0.6) is 0 Å². The zero-order valence-corrected chi connectivity index (χ0v) is 20.9. The van der Waals surface area contributed by atoms with Crippen LogP contribution in [0.4, 0.5) is 8.78 Å². The zero-order chi connectivity index (χ0) is 27.8. The molecule has 4 aromatic rings. The maximum Gasteiger partial charge on any atom is 0.286 e. The summed E-state index contributed by atoms with van der Waals surface area (Å²) in [7, 11) is -4.79. The highest BCUT2D eigenvalue weighted by Gasteiger charge is 2.30. The zero-order valence-electron chi connectivity index (χ0n) is 20.1. The van der Waals surface area contributed by atoms with Crippen LogP contribution in [0, 0.1) is 11.6 Å². The first-order valence-electron chi connectivity index (χ1n) is 11.1. The van der Waals surface area contributed by atoms with Crippen LogP contribution in [-0.4, -0.2) is 45.8 Å². The van der Waals surface area contributed by atoms with Crippen molar-refractivity contribution in [1.82, 2.24) is 9.97 Å². The summed E-state index contributed by atoms with van der Waals surface area (Å²) in [5.74, 6) is -4.88. The van der Waals surface area contributed by atoms with Gasteiger partial charge in [-0.3, -0.25) is 4.79 Å². The number of amidine groups is 1. The molecule has 0 radical (unpaired) electrons. The smallest absolute Gasteiger partial charge is 0.286 e. The van der Waals surface area contributed by atoms with Gasteiger partial charge in [-0.15, -0.1) is 4.40 Å². The lowest BCUT2D eigenvalue weighted by Crippen LogP contribution is -2.38. The van der Waals surface area contributed by atoms with Crippen LogP contribution < -0.4 is 5.73 Å². The average molecular weight is 541 g/mol. The lowest BCUT2D eigenvalue weighted by Gasteiger charge is -2.16. The van der Waals surface area contributed by atoms with Gasteiger partial charge in [0.05, 0.1) is 16.6 Å². The lowest BCUT2D eigenvalue weighted by atomic mass is 9.98. The van der Waals surface area contributed by atoms with Gasteiger partial charge in [-0.05, 0) is 50.2 Å². The molecule has 0 aliphatic rings. The standard InChI is InChI=1S/C26H22F2N4O5S/c1-26(2,35)25(29)32-38(36,37)19-12-6-9-16(21(19)28)23(34)20(22(33)14-7-5-8-15(27)13-14)24-30-17-10-3-4-11-18(17)31-24/h3-13,33,35H,1-2H3,(H2,29,32)(H,30,31)/b22-20+. The topological polar surface area (TPSA) is 159 Å². The van der Waals surface area contributed by atoms with Gasteiger partial charge in [0, 0.05) is 5.56 Å². The molecule has 9 nitrogen and oxygen atoms in total. The van der Waals surface area contributed by atoms with Gasteiger partial charge in [0.25, 0.3) is 10.0 Å². The number of para-hydroxylation sites is 2. The number of halogens is 2. The van der Waals surface area contributed by atoms with Crippen molar-refractivity contribution in [2.45, 2.75) is 24.3 Å². The van der Waals surface area contributed by atoms with Crippen molar-refractivity contribution < 1.29 is 32.2 Å². The van der Waals surface area contributed by atoms with Crippen LogP contribution in [0.1, 0.15) is 35.6 Å². The molecule has 1 heterocycles. The number of sulfonamides is 1. The molecule has 0 saturated carbocycles. The van der Waals surface area contributed by atoms with Gasteiger partial charge in [-0.2, -0.15) is 8.42 Å². The Morgan fingerprint density at radius 2 is 1.74 bits per heavy atom. The monoisotopic (exact) mass is 540 g/mol. The second-order valence-corrected chi connectivity index (χ2v) is 10.4. The highest BCUT2D eigenvalue weighted by Crippen LogP contribution is 2.31. The summed E-state index contributed by atoms with van der Waals surface area (Å²) in [6.45, 7) is 2.38. The van der Waals surface area contributed by atoms with Crippen molar-refractivity contribution in [2.75, 3.05) is 0 Å². The molecule has 0 amide bonds. The quantitative estimate of drug-likeness (QED) is 0.0908. The molecule has 0 unspecified atom stereocenters. The molecule has 12 heteroatoms. The van der Waals surface area contributed by atoms with Crippen LogP contribution >= 0.6 is 0 Å². The Kier molecular flexibility index (Phi) is 6.87. The SMILES string of the molecule is CC(C)(O)/C(N)=N/S(=O)(=O)c1cccc(C(=O)/C(=C(\O)c2cccc(F)c2)c2nc3ccccc3[nH]2)c1F. The number of aliphatic hydroxyl groups is 2. The van der Waals surface area contributed by atoms with E-state index in [1.807, 2.05) is 0 Å². The summed E-state index contributed by atoms with van der Waals surface area (Å²) in [6.07, 6.45) is 0. The van der Waals surface area contributed by atoms with Crippen molar-refractivity contribution >= 4 is 44.0 Å². The molecule has 0 atom stereocenters. The van der Waals surface area contributed by atoms with Gasteiger partial charge in [0.15, 0.2) is 5.82 Å². The Balaban J connectivity index is 1.93. The summed E-state index contributed by atoms with van der Waals surface area (Å²) in [6, 6.07) is 14.4. The van der Waals surface area contributed by atoms with Gasteiger partial charge in [-0.25, -0.2) is 13.8 Å². The predicted molar refractivity (Wildman–Crippen MR) is 138 cm³/mol. The molecule has 196 valence electrons. The lowest BCUT2D eigenvalue weighted by molar-refractivity contribution is 0.105. The van der Waals surface area contributed by atoms with Crippen LogP contribution in [0.3, 0.4) is 0 Å². The van der Waals surface area contributed by atoms with Crippen LogP contribution in [-0.2, 0) is 10.0 Å². The fourth-order valence-corrected chi connectivity index (χ4v) is 4.66. The Labute approximate surface area is 216 Å². The number of aromatic amines is 1. The first-order valence-corrected chi connectivity index (χ1v) is 12.5. The molecule has 0 bridgehead atoms. The van der Waals surface area contributed by atoms with Crippen molar-refractivity contribution in [3.05, 3.63) is 95.3 Å². The highest BCUT2D eigenvalue weighted by molar-refractivity contribution is 7.90. The number of hydrogen-bond acceptors (Lipinski definition) is 6. The van der Waals surface area contributed by atoms with Crippen molar-refractivity contribution in [3.63, 3.8) is 0 Å². The van der Waals surface area contributed by atoms with E-state index in [9.17, 15) is 27.8 Å². The van der Waals surface area contributed by atoms with Gasteiger partial charge < -0.3 is 20.9 Å². The minimum Gasteiger partial charge on any atom is -0.506 e. The number of allylic oxidation sites excluding steroid dienone is 1. The number of aliphatic hydroxyl groups excluding tert-OH is 1. The van der Waals surface area contributed by atoms with Gasteiger partial charge in [0.1, 0.15) is 39.3 Å². The molecule has 4 rings (SSSR count). The van der Waals surface area contributed by atoms with E-state index in [0.717, 1.165) is 30.3 Å². The molecule has 1 aromatic heterocycles. The number of fused-ring (bicyclic) bond motifs is 1. The first-order chi connectivity index (χ1) is 17.8. The van der Waals surface area contributed by atoms with Gasteiger partial charge in [-0.1, -0.05) is 30.3 Å². The number of aromatic nitrogens is 2. The van der Waals surface area contributed by atoms with Crippen molar-refractivity contribution in [1.29, 1.82) is 0 Å². The molecule has 5 N–H and O–H groups in total. The van der Waals surface area contributed by atoms with E-state index in [1.54, 1.807) is 24.3 Å². The number of imidazole rings is 1. The largest absolute Gasteiger partial charge is 0.506 e. The number of benzene rings is 3. The van der Waals surface area contributed by atoms with Crippen molar-refractivity contribution in [3.8, 4) is 0 Å². The van der Waals surface area contributed by atoms with Gasteiger partial charge >= 0.3 is 0 Å². The minimum absolute atomic E-state index is 0.0967. The first kappa shape index (κ1) is 26.6. The van der Waals surface area contributed by atoms with E-state index in [-0.39, 0.29) is 11.4 Å². The molecule has 0 fully saturated rings. The molecule has 0 aliphatic carbocycles. The van der Waals surface area contributed by atoms with E-state index in [4.69, 9.17) is 5.73 Å². The summed E-state index contributed by atoms with van der Waals surface area (Å²) in [4.78, 5) is 19.9. The van der Waals surface area contributed by atoms with Crippen LogP contribution in [0.25, 0.3) is 22.4 Å². The molecule has 38 heavy (non-hydrogen) atoms. The minimum atomic E-state index is -4.79. The summed E-state index contributed by atoms with van der Waals surface area (Å²) in [5, 5.41) is 21.0. The summed E-state index contributed by atoms with van der Waals surface area (Å²) < 4.78 is 58.4. The predicted octanol–water partition coefficient (Wildman–Crippen LogP) is 3.97. The molecule has 0 spiro atoms. The molecular formula is C26H22F2N4O5S. The number of nitrogens with one attached hydrogen (secondary N) is 1.